The number of aliphatic hydroxyl groups is 1. The summed E-state index contributed by atoms with van der Waals surface area (Å²) in [5.74, 6) is 0. The van der Waals surface area contributed by atoms with E-state index in [1.807, 2.05) is 6.07 Å². The Bertz CT molecular complexity index is 549. The van der Waals surface area contributed by atoms with Gasteiger partial charge in [-0.1, -0.05) is 12.1 Å². The average molecular weight is 297 g/mol. The van der Waals surface area contributed by atoms with E-state index in [0.717, 1.165) is 11.8 Å². The van der Waals surface area contributed by atoms with Crippen LogP contribution in [0.4, 0.5) is 0 Å². The first-order valence-corrected chi connectivity index (χ1v) is 8.15. The molecule has 3 N–H and O–H groups in total. The number of benzene rings is 1. The maximum absolute atomic E-state index is 10.8. The van der Waals surface area contributed by atoms with Crippen LogP contribution in [0.1, 0.15) is 23.7 Å². The molecule has 0 aromatic heterocycles. The van der Waals surface area contributed by atoms with Crippen molar-refractivity contribution < 1.29 is 13.5 Å². The Morgan fingerprint density at radius 3 is 2.50 bits per heavy atom. The Hall–Kier alpha value is -1.46. The van der Waals surface area contributed by atoms with Crippen LogP contribution in [0.3, 0.4) is 0 Å². The highest BCUT2D eigenvalue weighted by Gasteiger charge is 2.06. The van der Waals surface area contributed by atoms with Gasteiger partial charge in [0.15, 0.2) is 0 Å². The summed E-state index contributed by atoms with van der Waals surface area (Å²) in [5, 5.41) is 21.6. The third kappa shape index (κ3) is 6.63. The normalized spacial score (nSPS) is 12.8. The molecule has 0 fully saturated rings. The van der Waals surface area contributed by atoms with Gasteiger partial charge < -0.3 is 10.4 Å². The molecule has 0 heterocycles. The van der Waals surface area contributed by atoms with Crippen molar-refractivity contribution in [1.29, 1.82) is 5.26 Å². The van der Waals surface area contributed by atoms with Gasteiger partial charge in [-0.3, -0.25) is 0 Å². The summed E-state index contributed by atoms with van der Waals surface area (Å²) in [4.78, 5) is 0. The predicted octanol–water partition coefficient (Wildman–Crippen LogP) is 0.121. The number of nitrogens with zero attached hydrogens (tertiary/aromatic N) is 1. The highest BCUT2D eigenvalue weighted by atomic mass is 32.2. The lowest BCUT2D eigenvalue weighted by molar-refractivity contribution is 0.175. The fourth-order valence-corrected chi connectivity index (χ4v) is 2.12. The Morgan fingerprint density at radius 2 is 1.95 bits per heavy atom. The average Bonchev–Trinajstić information content (AvgIpc) is 2.41. The van der Waals surface area contributed by atoms with Gasteiger partial charge in [-0.15, -0.1) is 0 Å². The minimum atomic E-state index is -3.13. The first-order chi connectivity index (χ1) is 9.42. The van der Waals surface area contributed by atoms with Crippen LogP contribution in [-0.2, 0) is 10.0 Å². The van der Waals surface area contributed by atoms with Crippen molar-refractivity contribution in [3.63, 3.8) is 0 Å². The topological polar surface area (TPSA) is 102 Å². The van der Waals surface area contributed by atoms with Gasteiger partial charge in [-0.05, 0) is 30.7 Å². The number of hydrogen-bond acceptors (Lipinski definition) is 5. The largest absolute Gasteiger partial charge is 0.387 e. The molecular formula is C13H19N3O3S. The summed E-state index contributed by atoms with van der Waals surface area (Å²) in [7, 11) is -3.13. The van der Waals surface area contributed by atoms with E-state index in [1.54, 1.807) is 24.3 Å². The molecule has 1 unspecified atom stereocenters. The van der Waals surface area contributed by atoms with E-state index >= 15 is 0 Å². The van der Waals surface area contributed by atoms with E-state index in [1.165, 1.54) is 0 Å². The maximum atomic E-state index is 10.8. The lowest BCUT2D eigenvalue weighted by Gasteiger charge is -2.12. The molecule has 0 bridgehead atoms. The molecular weight excluding hydrogens is 278 g/mol. The van der Waals surface area contributed by atoms with E-state index in [4.69, 9.17) is 5.26 Å². The van der Waals surface area contributed by atoms with Crippen LogP contribution >= 0.6 is 0 Å². The molecule has 7 heteroatoms. The van der Waals surface area contributed by atoms with Gasteiger partial charge in [-0.2, -0.15) is 5.26 Å². The minimum absolute atomic E-state index is 0.374. The Morgan fingerprint density at radius 1 is 1.30 bits per heavy atom. The van der Waals surface area contributed by atoms with Crippen molar-refractivity contribution in [2.75, 3.05) is 25.9 Å². The van der Waals surface area contributed by atoms with E-state index in [2.05, 4.69) is 10.0 Å². The van der Waals surface area contributed by atoms with Gasteiger partial charge in [0.2, 0.25) is 10.0 Å². The van der Waals surface area contributed by atoms with Gasteiger partial charge in [-0.25, -0.2) is 13.1 Å². The summed E-state index contributed by atoms with van der Waals surface area (Å²) < 4.78 is 24.0. The monoisotopic (exact) mass is 297 g/mol. The van der Waals surface area contributed by atoms with E-state index in [9.17, 15) is 13.5 Å². The molecule has 1 atom stereocenters. The summed E-state index contributed by atoms with van der Waals surface area (Å²) >= 11 is 0. The van der Waals surface area contributed by atoms with Gasteiger partial charge in [0.1, 0.15) is 0 Å². The third-order valence-electron chi connectivity index (χ3n) is 2.66. The molecule has 0 saturated heterocycles. The fourth-order valence-electron chi connectivity index (χ4n) is 1.61. The third-order valence-corrected chi connectivity index (χ3v) is 3.39. The van der Waals surface area contributed by atoms with Crippen molar-refractivity contribution in [1.82, 2.24) is 10.0 Å². The van der Waals surface area contributed by atoms with E-state index in [-0.39, 0.29) is 0 Å². The highest BCUT2D eigenvalue weighted by Crippen LogP contribution is 2.12. The van der Waals surface area contributed by atoms with Crippen LogP contribution in [0.5, 0.6) is 0 Å². The first-order valence-electron chi connectivity index (χ1n) is 6.26. The zero-order valence-electron chi connectivity index (χ0n) is 11.3. The second kappa shape index (κ2) is 7.97. The lowest BCUT2D eigenvalue weighted by Crippen LogP contribution is -2.28. The van der Waals surface area contributed by atoms with Crippen molar-refractivity contribution in [3.05, 3.63) is 35.4 Å². The number of nitrogens with one attached hydrogen (secondary N) is 2. The number of rotatable bonds is 8. The first kappa shape index (κ1) is 16.6. The lowest BCUT2D eigenvalue weighted by atomic mass is 10.1. The quantitative estimate of drug-likeness (QED) is 0.592. The van der Waals surface area contributed by atoms with Gasteiger partial charge in [0, 0.05) is 13.1 Å². The van der Waals surface area contributed by atoms with Crippen LogP contribution in [0.2, 0.25) is 0 Å². The number of hydrogen-bond donors (Lipinski definition) is 3. The van der Waals surface area contributed by atoms with Gasteiger partial charge >= 0.3 is 0 Å². The van der Waals surface area contributed by atoms with Crippen LogP contribution in [0.15, 0.2) is 24.3 Å². The van der Waals surface area contributed by atoms with E-state index in [0.29, 0.717) is 31.6 Å². The number of sulfonamides is 1. The van der Waals surface area contributed by atoms with Crippen LogP contribution in [0, 0.1) is 11.3 Å². The number of nitriles is 1. The fraction of sp³-hybridized carbons (Fsp3) is 0.462. The second-order valence-corrected chi connectivity index (χ2v) is 6.31. The highest BCUT2D eigenvalue weighted by molar-refractivity contribution is 7.88. The maximum Gasteiger partial charge on any atom is 0.208 e. The number of aliphatic hydroxyl groups excluding tert-OH is 1. The molecule has 110 valence electrons. The zero-order valence-corrected chi connectivity index (χ0v) is 12.2. The van der Waals surface area contributed by atoms with Crippen molar-refractivity contribution in [3.8, 4) is 6.07 Å². The molecule has 0 aliphatic rings. The SMILES string of the molecule is CS(=O)(=O)NCCCNCC(O)c1ccc(C#N)cc1. The van der Waals surface area contributed by atoms with Crippen molar-refractivity contribution >= 4 is 10.0 Å². The molecule has 1 aromatic carbocycles. The second-order valence-electron chi connectivity index (χ2n) is 4.47. The molecule has 0 spiro atoms. The summed E-state index contributed by atoms with van der Waals surface area (Å²) in [6, 6.07) is 8.78. The minimum Gasteiger partial charge on any atom is -0.387 e. The molecule has 6 nitrogen and oxygen atoms in total. The van der Waals surface area contributed by atoms with Crippen molar-refractivity contribution in [2.45, 2.75) is 12.5 Å². The Kier molecular flexibility index (Phi) is 6.61. The summed E-state index contributed by atoms with van der Waals surface area (Å²) in [5.41, 5.74) is 1.30. The van der Waals surface area contributed by atoms with Gasteiger partial charge in [0.05, 0.1) is 24.0 Å². The smallest absolute Gasteiger partial charge is 0.208 e. The van der Waals surface area contributed by atoms with Crippen LogP contribution < -0.4 is 10.0 Å². The Labute approximate surface area is 119 Å². The molecule has 0 aliphatic heterocycles. The standard InChI is InChI=1S/C13H19N3O3S/c1-20(18,19)16-8-2-7-15-10-13(17)12-5-3-11(9-14)4-6-12/h3-6,13,15-17H,2,7-8,10H2,1H3. The Balaban J connectivity index is 2.23. The molecule has 0 aliphatic carbocycles. The molecule has 0 radical (unpaired) electrons. The molecule has 1 aromatic rings. The molecule has 20 heavy (non-hydrogen) atoms. The summed E-state index contributed by atoms with van der Waals surface area (Å²) in [6.07, 6.45) is 1.12. The molecule has 0 amide bonds. The van der Waals surface area contributed by atoms with E-state index < -0.39 is 16.1 Å². The zero-order chi connectivity index (χ0) is 15.0. The predicted molar refractivity (Wildman–Crippen MR) is 76.5 cm³/mol. The molecule has 0 saturated carbocycles. The van der Waals surface area contributed by atoms with Crippen LogP contribution in [-0.4, -0.2) is 39.4 Å². The van der Waals surface area contributed by atoms with Crippen molar-refractivity contribution in [2.24, 2.45) is 0 Å². The molecule has 1 rings (SSSR count). The van der Waals surface area contributed by atoms with Crippen LogP contribution in [0.25, 0.3) is 0 Å². The van der Waals surface area contributed by atoms with Gasteiger partial charge in [0.25, 0.3) is 0 Å². The summed E-state index contributed by atoms with van der Waals surface area (Å²) in [6.45, 7) is 1.36.